The molecular weight excluding hydrogens is 564 g/mol. The fraction of sp³-hybridized carbons (Fsp3) is 0.441. The maximum atomic E-state index is 14.3. The Morgan fingerprint density at radius 1 is 1.09 bits per heavy atom. The highest BCUT2D eigenvalue weighted by Crippen LogP contribution is 2.51. The Bertz CT molecular complexity index is 1640. The molecule has 3 aliphatic rings. The van der Waals surface area contributed by atoms with Gasteiger partial charge in [-0.2, -0.15) is 0 Å². The minimum absolute atomic E-state index is 0.0498. The van der Waals surface area contributed by atoms with Crippen LogP contribution in [-0.2, 0) is 11.4 Å². The first-order valence-corrected chi connectivity index (χ1v) is 15.3. The first kappa shape index (κ1) is 29.9. The van der Waals surface area contributed by atoms with E-state index in [0.717, 1.165) is 37.7 Å². The van der Waals surface area contributed by atoms with Gasteiger partial charge in [0, 0.05) is 36.0 Å². The second-order valence-electron chi connectivity index (χ2n) is 11.9. The van der Waals surface area contributed by atoms with Crippen molar-refractivity contribution in [1.82, 2.24) is 10.2 Å². The van der Waals surface area contributed by atoms with Gasteiger partial charge in [0.2, 0.25) is 5.91 Å². The molecule has 3 atom stereocenters. The van der Waals surface area contributed by atoms with E-state index in [1.807, 2.05) is 18.2 Å². The van der Waals surface area contributed by atoms with Crippen LogP contribution in [0.3, 0.4) is 0 Å². The molecule has 1 aromatic heterocycles. The summed E-state index contributed by atoms with van der Waals surface area (Å²) in [7, 11) is 1.52. The maximum absolute atomic E-state index is 14.3. The number of carbonyl (C=O) groups is 2. The molecule has 2 heterocycles. The molecule has 3 N–H and O–H groups in total. The van der Waals surface area contributed by atoms with Crippen molar-refractivity contribution < 1.29 is 33.7 Å². The van der Waals surface area contributed by atoms with E-state index in [9.17, 15) is 24.6 Å². The predicted octanol–water partition coefficient (Wildman–Crippen LogP) is 3.67. The van der Waals surface area contributed by atoms with Gasteiger partial charge in [0.05, 0.1) is 32.3 Å². The third-order valence-corrected chi connectivity index (χ3v) is 9.07. The third-order valence-electron chi connectivity index (χ3n) is 9.07. The number of methoxy groups -OCH3 is 1. The largest absolute Gasteiger partial charge is 0.493 e. The van der Waals surface area contributed by atoms with E-state index < -0.39 is 29.6 Å². The zero-order chi connectivity index (χ0) is 30.8. The molecule has 1 aliphatic heterocycles. The highest BCUT2D eigenvalue weighted by atomic mass is 16.5. The summed E-state index contributed by atoms with van der Waals surface area (Å²) in [6.45, 7) is 0.0580. The lowest BCUT2D eigenvalue weighted by Gasteiger charge is -2.39. The van der Waals surface area contributed by atoms with E-state index in [4.69, 9.17) is 13.9 Å². The van der Waals surface area contributed by atoms with E-state index in [1.165, 1.54) is 7.11 Å². The van der Waals surface area contributed by atoms with Crippen molar-refractivity contribution in [3.05, 3.63) is 81.2 Å². The SMILES string of the molecule is COc1cc(CO)cc2c1OC1CC(N(CC3CCCCC3)C(=O)c3cc4ccccc4oc3=O)C=C(C(=O)NCCO)C21. The number of para-hydroxylation sites is 1. The van der Waals surface area contributed by atoms with Crippen LogP contribution in [0.5, 0.6) is 11.5 Å². The van der Waals surface area contributed by atoms with E-state index in [0.29, 0.717) is 46.6 Å². The Morgan fingerprint density at radius 3 is 2.64 bits per heavy atom. The second kappa shape index (κ2) is 12.8. The smallest absolute Gasteiger partial charge is 0.349 e. The molecule has 0 spiro atoms. The molecule has 1 fully saturated rings. The zero-order valence-electron chi connectivity index (χ0n) is 24.8. The molecule has 2 aliphatic carbocycles. The minimum Gasteiger partial charge on any atom is -0.493 e. The molecule has 3 aromatic rings. The number of carbonyl (C=O) groups excluding carboxylic acids is 2. The number of ether oxygens (including phenoxy) is 2. The number of nitrogens with one attached hydrogen (secondary N) is 1. The highest BCUT2D eigenvalue weighted by Gasteiger charge is 2.47. The van der Waals surface area contributed by atoms with Crippen LogP contribution in [0.4, 0.5) is 0 Å². The monoisotopic (exact) mass is 602 g/mol. The molecular formula is C34H38N2O8. The zero-order valence-corrected chi connectivity index (χ0v) is 24.8. The van der Waals surface area contributed by atoms with Crippen LogP contribution in [0.2, 0.25) is 0 Å². The number of fused-ring (bicyclic) bond motifs is 4. The summed E-state index contributed by atoms with van der Waals surface area (Å²) in [5.41, 5.74) is 1.41. The molecule has 1 saturated carbocycles. The Balaban J connectivity index is 1.43. The number of rotatable bonds is 9. The number of benzene rings is 2. The quantitative estimate of drug-likeness (QED) is 0.316. The van der Waals surface area contributed by atoms with Crippen LogP contribution in [0.15, 0.2) is 63.3 Å². The summed E-state index contributed by atoms with van der Waals surface area (Å²) >= 11 is 0. The molecule has 10 nitrogen and oxygen atoms in total. The fourth-order valence-electron chi connectivity index (χ4n) is 6.96. The van der Waals surface area contributed by atoms with Gasteiger partial charge >= 0.3 is 5.63 Å². The average Bonchev–Trinajstić information content (AvgIpc) is 3.43. The van der Waals surface area contributed by atoms with Gasteiger partial charge < -0.3 is 34.3 Å². The number of nitrogens with zero attached hydrogens (tertiary/aromatic N) is 1. The molecule has 0 bridgehead atoms. The predicted molar refractivity (Wildman–Crippen MR) is 163 cm³/mol. The van der Waals surface area contributed by atoms with Gasteiger partial charge in [-0.25, -0.2) is 4.79 Å². The van der Waals surface area contributed by atoms with Crippen molar-refractivity contribution in [3.8, 4) is 11.5 Å². The van der Waals surface area contributed by atoms with E-state index in [-0.39, 0.29) is 37.1 Å². The van der Waals surface area contributed by atoms with Gasteiger partial charge in [0.1, 0.15) is 17.3 Å². The molecule has 3 unspecified atom stereocenters. The van der Waals surface area contributed by atoms with Crippen LogP contribution in [-0.4, -0.2) is 65.9 Å². The average molecular weight is 603 g/mol. The number of amides is 2. The topological polar surface area (TPSA) is 139 Å². The van der Waals surface area contributed by atoms with Crippen LogP contribution in [0.1, 0.15) is 65.9 Å². The molecule has 2 amide bonds. The summed E-state index contributed by atoms with van der Waals surface area (Å²) in [6, 6.07) is 11.7. The first-order valence-electron chi connectivity index (χ1n) is 15.3. The molecule has 232 valence electrons. The summed E-state index contributed by atoms with van der Waals surface area (Å²) < 4.78 is 17.6. The Morgan fingerprint density at radius 2 is 1.89 bits per heavy atom. The maximum Gasteiger partial charge on any atom is 0.349 e. The van der Waals surface area contributed by atoms with E-state index >= 15 is 0 Å². The number of hydrogen-bond donors (Lipinski definition) is 3. The van der Waals surface area contributed by atoms with Crippen LogP contribution < -0.4 is 20.4 Å². The molecule has 2 aromatic carbocycles. The van der Waals surface area contributed by atoms with Gasteiger partial charge in [-0.05, 0) is 48.6 Å². The Hall–Kier alpha value is -4.15. The summed E-state index contributed by atoms with van der Waals surface area (Å²) in [6.07, 6.45) is 6.96. The standard InChI is InChI=1S/C34H38N2O8/c1-42-29-14-21(19-38)13-24-30-25(32(39)35-11-12-37)16-23(17-28(30)43-31(24)29)36(18-20-7-3-2-4-8-20)33(40)26-15-22-9-5-6-10-27(22)44-34(26)41/h5-6,9-10,13-16,20,23,28,30,37-38H,2-4,7-8,11-12,17-19H2,1H3,(H,35,39). The Labute approximate surface area is 255 Å². The molecule has 0 saturated heterocycles. The number of aliphatic hydroxyl groups is 2. The fourth-order valence-corrected chi connectivity index (χ4v) is 6.96. The lowest BCUT2D eigenvalue weighted by molar-refractivity contribution is -0.118. The van der Waals surface area contributed by atoms with Crippen molar-refractivity contribution in [2.24, 2.45) is 5.92 Å². The summed E-state index contributed by atoms with van der Waals surface area (Å²) in [5, 5.41) is 22.8. The lowest BCUT2D eigenvalue weighted by Crippen LogP contribution is -2.49. The van der Waals surface area contributed by atoms with Crippen molar-refractivity contribution >= 4 is 22.8 Å². The number of hydrogen-bond acceptors (Lipinski definition) is 8. The van der Waals surface area contributed by atoms with Crippen LogP contribution in [0.25, 0.3) is 11.0 Å². The minimum atomic E-state index is -0.702. The van der Waals surface area contributed by atoms with Crippen LogP contribution in [0, 0.1) is 5.92 Å². The van der Waals surface area contributed by atoms with Gasteiger partial charge in [0.15, 0.2) is 11.5 Å². The van der Waals surface area contributed by atoms with Gasteiger partial charge in [0.25, 0.3) is 5.91 Å². The Kier molecular flexibility index (Phi) is 8.72. The van der Waals surface area contributed by atoms with Gasteiger partial charge in [-0.1, -0.05) is 43.5 Å². The van der Waals surface area contributed by atoms with Gasteiger partial charge in [-0.15, -0.1) is 0 Å². The van der Waals surface area contributed by atoms with Crippen molar-refractivity contribution in [1.29, 1.82) is 0 Å². The summed E-state index contributed by atoms with van der Waals surface area (Å²) in [5.74, 6) is -0.0814. The molecule has 44 heavy (non-hydrogen) atoms. The molecule has 10 heteroatoms. The third kappa shape index (κ3) is 5.71. The molecule has 6 rings (SSSR count). The van der Waals surface area contributed by atoms with Crippen LogP contribution >= 0.6 is 0 Å². The highest BCUT2D eigenvalue weighted by molar-refractivity contribution is 5.98. The first-order chi connectivity index (χ1) is 21.4. The molecule has 0 radical (unpaired) electrons. The number of aliphatic hydroxyl groups excluding tert-OH is 2. The normalized spacial score (nSPS) is 21.2. The van der Waals surface area contributed by atoms with Crippen molar-refractivity contribution in [2.75, 3.05) is 26.8 Å². The summed E-state index contributed by atoms with van der Waals surface area (Å²) in [4.78, 5) is 42.8. The van der Waals surface area contributed by atoms with Crippen molar-refractivity contribution in [2.45, 2.75) is 63.2 Å². The van der Waals surface area contributed by atoms with Gasteiger partial charge in [-0.3, -0.25) is 9.59 Å². The second-order valence-corrected chi connectivity index (χ2v) is 11.9. The van der Waals surface area contributed by atoms with E-state index in [2.05, 4.69) is 5.32 Å². The lowest BCUT2D eigenvalue weighted by atomic mass is 9.78. The van der Waals surface area contributed by atoms with Crippen molar-refractivity contribution in [3.63, 3.8) is 0 Å². The van der Waals surface area contributed by atoms with E-state index in [1.54, 1.807) is 35.2 Å².